The van der Waals surface area contributed by atoms with E-state index in [2.05, 4.69) is 61.0 Å². The second-order valence-electron chi connectivity index (χ2n) is 4.03. The Bertz CT molecular complexity index is 449. The van der Waals surface area contributed by atoms with E-state index in [1.807, 2.05) is 6.92 Å². The van der Waals surface area contributed by atoms with Crippen LogP contribution in [0.4, 0.5) is 0 Å². The van der Waals surface area contributed by atoms with Crippen LogP contribution >= 0.6 is 0 Å². The maximum atomic E-state index is 3.67. The van der Waals surface area contributed by atoms with Crippen molar-refractivity contribution in [3.63, 3.8) is 0 Å². The van der Waals surface area contributed by atoms with Gasteiger partial charge in [0.05, 0.1) is 0 Å². The van der Waals surface area contributed by atoms with E-state index in [-0.39, 0.29) is 0 Å². The predicted molar refractivity (Wildman–Crippen MR) is 70.4 cm³/mol. The third kappa shape index (κ3) is 4.18. The summed E-state index contributed by atoms with van der Waals surface area (Å²) in [6, 6.07) is 6.56. The molecule has 0 saturated carbocycles. The zero-order valence-corrected chi connectivity index (χ0v) is 10.8. The van der Waals surface area contributed by atoms with Crippen molar-refractivity contribution in [1.82, 2.24) is 14.9 Å². The minimum Gasteiger partial charge on any atom is -0.205 e. The van der Waals surface area contributed by atoms with Gasteiger partial charge in [0, 0.05) is 6.72 Å². The van der Waals surface area contributed by atoms with Crippen LogP contribution in [-0.2, 0) is 0 Å². The van der Waals surface area contributed by atoms with E-state index in [9.17, 15) is 0 Å². The standard InChI is InChI=1S/C9H12.C4H6N4/c1-7-4-8(2)6-9(3)5-7;1-4-7-6-3-8(4)5-2/h4-6H,1-3H3;3H,2H2,1H3. The molecule has 1 aromatic heterocycles. The summed E-state index contributed by atoms with van der Waals surface area (Å²) in [6.07, 6.45) is 1.50. The van der Waals surface area contributed by atoms with E-state index in [1.165, 1.54) is 27.7 Å². The van der Waals surface area contributed by atoms with Gasteiger partial charge < -0.3 is 0 Å². The van der Waals surface area contributed by atoms with Gasteiger partial charge >= 0.3 is 0 Å². The normalized spacial score (nSPS) is 9.41. The van der Waals surface area contributed by atoms with E-state index in [4.69, 9.17) is 0 Å². The smallest absolute Gasteiger partial charge is 0.151 e. The van der Waals surface area contributed by atoms with Crippen LogP contribution in [-0.4, -0.2) is 21.6 Å². The maximum Gasteiger partial charge on any atom is 0.151 e. The van der Waals surface area contributed by atoms with Crippen LogP contribution in [0.5, 0.6) is 0 Å². The van der Waals surface area contributed by atoms with Crippen molar-refractivity contribution in [1.29, 1.82) is 0 Å². The molecule has 0 saturated heterocycles. The first kappa shape index (κ1) is 13.1. The van der Waals surface area contributed by atoms with Crippen molar-refractivity contribution in [2.24, 2.45) is 5.10 Å². The summed E-state index contributed by atoms with van der Waals surface area (Å²) in [5.74, 6) is 0.750. The molecule has 2 aromatic rings. The molecule has 1 heterocycles. The van der Waals surface area contributed by atoms with Gasteiger partial charge in [0.25, 0.3) is 0 Å². The van der Waals surface area contributed by atoms with Crippen molar-refractivity contribution in [2.75, 3.05) is 0 Å². The fourth-order valence-electron chi connectivity index (χ4n) is 1.63. The highest BCUT2D eigenvalue weighted by Crippen LogP contribution is 2.06. The summed E-state index contributed by atoms with van der Waals surface area (Å²) < 4.78 is 1.50. The molecule has 0 amide bonds. The zero-order chi connectivity index (χ0) is 12.8. The molecule has 0 N–H and O–H groups in total. The Morgan fingerprint density at radius 3 is 1.71 bits per heavy atom. The molecule has 0 aliphatic rings. The minimum atomic E-state index is 0.750. The number of rotatable bonds is 1. The Labute approximate surface area is 102 Å². The van der Waals surface area contributed by atoms with Crippen molar-refractivity contribution in [2.45, 2.75) is 27.7 Å². The maximum absolute atomic E-state index is 3.67. The van der Waals surface area contributed by atoms with Crippen molar-refractivity contribution < 1.29 is 0 Å². The third-order valence-electron chi connectivity index (χ3n) is 2.21. The molecule has 1 aromatic carbocycles. The van der Waals surface area contributed by atoms with Crippen LogP contribution in [0.25, 0.3) is 0 Å². The van der Waals surface area contributed by atoms with E-state index in [1.54, 1.807) is 0 Å². The molecule has 0 bridgehead atoms. The van der Waals surface area contributed by atoms with Crippen molar-refractivity contribution in [3.05, 3.63) is 47.0 Å². The van der Waals surface area contributed by atoms with Gasteiger partial charge in [0.15, 0.2) is 5.82 Å². The number of benzene rings is 1. The quantitative estimate of drug-likeness (QED) is 0.707. The van der Waals surface area contributed by atoms with E-state index in [0.717, 1.165) is 5.82 Å². The van der Waals surface area contributed by atoms with Crippen LogP contribution in [0.15, 0.2) is 29.6 Å². The van der Waals surface area contributed by atoms with E-state index < -0.39 is 0 Å². The Morgan fingerprint density at radius 1 is 1.00 bits per heavy atom. The first-order chi connectivity index (χ1) is 8.02. The van der Waals surface area contributed by atoms with Crippen LogP contribution in [0.2, 0.25) is 0 Å². The molecule has 0 radical (unpaired) electrons. The lowest BCUT2D eigenvalue weighted by atomic mass is 10.1. The molecule has 0 aliphatic carbocycles. The van der Waals surface area contributed by atoms with E-state index in [0.29, 0.717) is 0 Å². The zero-order valence-electron chi connectivity index (χ0n) is 10.8. The summed E-state index contributed by atoms with van der Waals surface area (Å²) in [6.45, 7) is 11.5. The van der Waals surface area contributed by atoms with Gasteiger partial charge in [-0.3, -0.25) is 0 Å². The predicted octanol–water partition coefficient (Wildman–Crippen LogP) is 2.66. The van der Waals surface area contributed by atoms with Crippen LogP contribution in [0, 0.1) is 27.7 Å². The van der Waals surface area contributed by atoms with Crippen molar-refractivity contribution in [3.8, 4) is 0 Å². The van der Waals surface area contributed by atoms with Gasteiger partial charge in [-0.2, -0.15) is 5.10 Å². The average Bonchev–Trinajstić information content (AvgIpc) is 2.62. The Hall–Kier alpha value is -1.97. The van der Waals surface area contributed by atoms with Crippen LogP contribution < -0.4 is 0 Å². The highest BCUT2D eigenvalue weighted by molar-refractivity contribution is 5.27. The molecule has 4 nitrogen and oxygen atoms in total. The molecule has 0 unspecified atom stereocenters. The van der Waals surface area contributed by atoms with Gasteiger partial charge in [-0.25, -0.2) is 4.68 Å². The molecule has 17 heavy (non-hydrogen) atoms. The summed E-state index contributed by atoms with van der Waals surface area (Å²) in [7, 11) is 0. The monoisotopic (exact) mass is 230 g/mol. The highest BCUT2D eigenvalue weighted by atomic mass is 15.4. The van der Waals surface area contributed by atoms with Gasteiger partial charge in [0.1, 0.15) is 6.33 Å². The Morgan fingerprint density at radius 2 is 1.47 bits per heavy atom. The van der Waals surface area contributed by atoms with Gasteiger partial charge in [-0.15, -0.1) is 10.2 Å². The first-order valence-electron chi connectivity index (χ1n) is 5.41. The number of aryl methyl sites for hydroxylation is 4. The largest absolute Gasteiger partial charge is 0.205 e. The highest BCUT2D eigenvalue weighted by Gasteiger charge is 1.89. The lowest BCUT2D eigenvalue weighted by Gasteiger charge is -1.96. The summed E-state index contributed by atoms with van der Waals surface area (Å²) in [4.78, 5) is 0. The van der Waals surface area contributed by atoms with Crippen LogP contribution in [0.1, 0.15) is 22.5 Å². The molecule has 0 spiro atoms. The first-order valence-corrected chi connectivity index (χ1v) is 5.41. The lowest BCUT2D eigenvalue weighted by molar-refractivity contribution is 0.835. The molecular weight excluding hydrogens is 212 g/mol. The SMILES string of the molecule is C=Nn1cnnc1C.Cc1cc(C)cc(C)c1. The topological polar surface area (TPSA) is 43.1 Å². The van der Waals surface area contributed by atoms with Crippen molar-refractivity contribution >= 4 is 6.72 Å². The average molecular weight is 230 g/mol. The fourth-order valence-corrected chi connectivity index (χ4v) is 1.63. The number of nitrogens with zero attached hydrogens (tertiary/aromatic N) is 4. The fraction of sp³-hybridized carbons (Fsp3) is 0.308. The summed E-state index contributed by atoms with van der Waals surface area (Å²) >= 11 is 0. The molecule has 0 atom stereocenters. The second-order valence-corrected chi connectivity index (χ2v) is 4.03. The van der Waals surface area contributed by atoms with E-state index >= 15 is 0 Å². The van der Waals surface area contributed by atoms with Gasteiger partial charge in [-0.1, -0.05) is 34.9 Å². The second kappa shape index (κ2) is 5.94. The lowest BCUT2D eigenvalue weighted by Crippen LogP contribution is -1.86. The molecule has 90 valence electrons. The number of hydrogen-bond acceptors (Lipinski definition) is 3. The molecular formula is C13H18N4. The van der Waals surface area contributed by atoms with Crippen LogP contribution in [0.3, 0.4) is 0 Å². The van der Waals surface area contributed by atoms with Gasteiger partial charge in [0.2, 0.25) is 0 Å². The Balaban J connectivity index is 0.000000171. The van der Waals surface area contributed by atoms with Gasteiger partial charge in [-0.05, 0) is 27.7 Å². The molecule has 2 rings (SSSR count). The summed E-state index contributed by atoms with van der Waals surface area (Å²) in [5, 5.41) is 10.8. The third-order valence-corrected chi connectivity index (χ3v) is 2.21. The molecule has 0 aliphatic heterocycles. The molecule has 0 fully saturated rings. The minimum absolute atomic E-state index is 0.750. The number of aromatic nitrogens is 3. The number of hydrogen-bond donors (Lipinski definition) is 0. The molecule has 4 heteroatoms. The summed E-state index contributed by atoms with van der Waals surface area (Å²) in [5.41, 5.74) is 4.06. The Kier molecular flexibility index (Phi) is 4.57.